The van der Waals surface area contributed by atoms with Crippen molar-refractivity contribution in [3.63, 3.8) is 0 Å². The molecule has 0 atom stereocenters. The maximum absolute atomic E-state index is 11.4. The van der Waals surface area contributed by atoms with Gasteiger partial charge in [0.05, 0.1) is 45.6 Å². The third kappa shape index (κ3) is 3.40. The molecule has 0 amide bonds. The minimum atomic E-state index is 0. The Hall–Kier alpha value is -3.21. The summed E-state index contributed by atoms with van der Waals surface area (Å²) in [6.45, 7) is 0. The maximum atomic E-state index is 11.4. The Labute approximate surface area is 166 Å². The summed E-state index contributed by atoms with van der Waals surface area (Å²) in [4.78, 5) is 29.6. The molecule has 6 heteroatoms. The molecule has 0 spiro atoms. The van der Waals surface area contributed by atoms with Gasteiger partial charge in [-0.25, -0.2) is 20.0 Å². The van der Waals surface area contributed by atoms with Crippen LogP contribution in [0.1, 0.15) is 0 Å². The first-order valence-electron chi connectivity index (χ1n) is 8.18. The van der Waals surface area contributed by atoms with Crippen LogP contribution in [0.4, 0.5) is 0 Å². The summed E-state index contributed by atoms with van der Waals surface area (Å²) >= 11 is 0. The van der Waals surface area contributed by atoms with Crippen molar-refractivity contribution in [2.45, 2.75) is 0 Å². The number of hydrogen-bond acceptors (Lipinski definition) is 5. The molecule has 0 unspecified atom stereocenters. The van der Waals surface area contributed by atoms with Crippen molar-refractivity contribution in [1.82, 2.24) is 0 Å². The van der Waals surface area contributed by atoms with Crippen LogP contribution in [0.15, 0.2) is 115 Å². The molecule has 0 fully saturated rings. The van der Waals surface area contributed by atoms with Gasteiger partial charge in [0.2, 0.25) is 0 Å². The molecule has 27 heavy (non-hydrogen) atoms. The van der Waals surface area contributed by atoms with Gasteiger partial charge in [0.25, 0.3) is 0 Å². The molecule has 5 aliphatic heterocycles. The summed E-state index contributed by atoms with van der Waals surface area (Å²) in [5.74, 6) is 0. The summed E-state index contributed by atoms with van der Waals surface area (Å²) in [5.41, 5.74) is 6.71. The monoisotopic (exact) mass is 399 g/mol. The molecule has 5 nitrogen and oxygen atoms in total. The first kappa shape index (κ1) is 17.2. The Morgan fingerprint density at radius 3 is 1.56 bits per heavy atom. The minimum absolute atomic E-state index is 0. The van der Waals surface area contributed by atoms with E-state index in [1.165, 1.54) is 0 Å². The second-order valence-corrected chi connectivity index (χ2v) is 6.10. The zero-order valence-electron chi connectivity index (χ0n) is 13.9. The van der Waals surface area contributed by atoms with Gasteiger partial charge >= 0.3 is 0 Å². The average molecular weight is 400 g/mol. The van der Waals surface area contributed by atoms with Gasteiger partial charge in [0, 0.05) is 22.6 Å². The third-order valence-corrected chi connectivity index (χ3v) is 4.20. The first-order valence-corrected chi connectivity index (χ1v) is 8.18. The largest absolute Gasteiger partial charge is 0.298 e. The number of rotatable bonds is 1. The molecule has 5 rings (SSSR count). The molecule has 0 aromatic heterocycles. The molecule has 5 heterocycles. The van der Waals surface area contributed by atoms with Gasteiger partial charge in [-0.3, -0.25) is 4.79 Å². The van der Waals surface area contributed by atoms with E-state index in [0.29, 0.717) is 17.0 Å². The summed E-state index contributed by atoms with van der Waals surface area (Å²) in [7, 11) is 0. The van der Waals surface area contributed by atoms with Crippen LogP contribution in [0.25, 0.3) is 0 Å². The van der Waals surface area contributed by atoms with Gasteiger partial charge in [0.15, 0.2) is 6.29 Å². The van der Waals surface area contributed by atoms with Crippen molar-refractivity contribution < 1.29 is 21.9 Å². The molecule has 133 valence electrons. The number of allylic oxidation sites excluding steroid dienone is 12. The van der Waals surface area contributed by atoms with E-state index in [-0.39, 0.29) is 17.1 Å². The molecule has 0 aromatic rings. The number of aliphatic imine (C=N–C) groups is 4. The van der Waals surface area contributed by atoms with Crippen LogP contribution in [0.5, 0.6) is 0 Å². The Bertz CT molecular complexity index is 1130. The van der Waals surface area contributed by atoms with Gasteiger partial charge in [0.1, 0.15) is 0 Å². The normalized spacial score (nSPS) is 21.3. The predicted octanol–water partition coefficient (Wildman–Crippen LogP) is 3.15. The molecular formula is C21H12CuN4O. The van der Waals surface area contributed by atoms with E-state index < -0.39 is 0 Å². The second-order valence-electron chi connectivity index (χ2n) is 6.10. The van der Waals surface area contributed by atoms with Crippen LogP contribution < -0.4 is 0 Å². The first-order chi connectivity index (χ1) is 12.7. The summed E-state index contributed by atoms with van der Waals surface area (Å²) in [6.07, 6.45) is 21.7. The van der Waals surface area contributed by atoms with Gasteiger partial charge < -0.3 is 0 Å². The molecule has 0 aliphatic carbocycles. The average Bonchev–Trinajstić information content (AvgIpc) is 3.39. The zero-order valence-corrected chi connectivity index (χ0v) is 14.9. The van der Waals surface area contributed by atoms with Crippen molar-refractivity contribution >= 4 is 29.1 Å². The van der Waals surface area contributed by atoms with Crippen LogP contribution in [-0.2, 0) is 21.9 Å². The topological polar surface area (TPSA) is 66.5 Å². The smallest absolute Gasteiger partial charge is 0.152 e. The number of carbonyl (C=O) groups excluding carboxylic acids is 1. The van der Waals surface area contributed by atoms with E-state index in [1.807, 2.05) is 60.8 Å². The van der Waals surface area contributed by atoms with Crippen LogP contribution >= 0.6 is 0 Å². The number of hydrogen-bond donors (Lipinski definition) is 0. The fraction of sp³-hybridized carbons (Fsp3) is 0. The minimum Gasteiger partial charge on any atom is -0.298 e. The Balaban J connectivity index is 0.00000180. The quantitative estimate of drug-likeness (QED) is 0.493. The maximum Gasteiger partial charge on any atom is 0.152 e. The third-order valence-electron chi connectivity index (χ3n) is 4.20. The van der Waals surface area contributed by atoms with E-state index in [2.05, 4.69) is 20.0 Å². The Morgan fingerprint density at radius 2 is 1.04 bits per heavy atom. The number of aldehydes is 1. The van der Waals surface area contributed by atoms with Gasteiger partial charge in [-0.1, -0.05) is 0 Å². The van der Waals surface area contributed by atoms with Crippen molar-refractivity contribution in [2.75, 3.05) is 0 Å². The van der Waals surface area contributed by atoms with Gasteiger partial charge in [-0.05, 0) is 66.8 Å². The van der Waals surface area contributed by atoms with Crippen LogP contribution in [0, 0.1) is 0 Å². The Morgan fingerprint density at radius 1 is 0.556 bits per heavy atom. The summed E-state index contributed by atoms with van der Waals surface area (Å²) < 4.78 is 0. The van der Waals surface area contributed by atoms with Gasteiger partial charge in [-0.2, -0.15) is 0 Å². The Kier molecular flexibility index (Phi) is 4.36. The molecule has 0 N–H and O–H groups in total. The molecule has 0 saturated carbocycles. The van der Waals surface area contributed by atoms with Crippen molar-refractivity contribution in [3.05, 3.63) is 95.2 Å². The molecular weight excluding hydrogens is 388 g/mol. The number of carbonyl (C=O) groups is 1. The van der Waals surface area contributed by atoms with Crippen molar-refractivity contribution in [1.29, 1.82) is 0 Å². The van der Waals surface area contributed by atoms with Crippen LogP contribution in [0.3, 0.4) is 0 Å². The van der Waals surface area contributed by atoms with E-state index in [4.69, 9.17) is 0 Å². The molecule has 8 bridgehead atoms. The molecule has 5 aliphatic rings. The molecule has 0 saturated heterocycles. The number of fused-ring (bicyclic) bond motifs is 4. The van der Waals surface area contributed by atoms with E-state index >= 15 is 0 Å². The summed E-state index contributed by atoms with van der Waals surface area (Å²) in [5, 5.41) is 0. The van der Waals surface area contributed by atoms with E-state index in [9.17, 15) is 4.79 Å². The van der Waals surface area contributed by atoms with Crippen molar-refractivity contribution in [3.8, 4) is 0 Å². The standard InChI is InChI=1S/C21H12N4O.Cu/c26-12-13-7-20-10-18-4-3-16(23-18)8-14-1-2-15(22-14)9-17-5-6-19(24-17)11-21(13)25-20;/h1-12H;. The fourth-order valence-corrected chi connectivity index (χ4v) is 3.01. The van der Waals surface area contributed by atoms with Gasteiger partial charge in [-0.15, -0.1) is 0 Å². The molecule has 0 aromatic carbocycles. The molecule has 1 radical (unpaired) electrons. The second kappa shape index (κ2) is 6.83. The van der Waals surface area contributed by atoms with E-state index in [1.54, 1.807) is 6.08 Å². The number of nitrogens with zero attached hydrogens (tertiary/aromatic N) is 4. The van der Waals surface area contributed by atoms with E-state index in [0.717, 1.165) is 40.5 Å². The summed E-state index contributed by atoms with van der Waals surface area (Å²) in [6, 6.07) is 0. The SMILES string of the molecule is O=CC1=CC2=NC1=CC1=NC(=CC3=NC(=CC4=NC(=C2)C=C4)C=C3)C=C1.[Cu]. The van der Waals surface area contributed by atoms with Crippen LogP contribution in [0.2, 0.25) is 0 Å². The zero-order chi connectivity index (χ0) is 17.5. The van der Waals surface area contributed by atoms with Crippen LogP contribution in [-0.4, -0.2) is 29.1 Å². The van der Waals surface area contributed by atoms with Crippen molar-refractivity contribution in [2.24, 2.45) is 20.0 Å². The predicted molar refractivity (Wildman–Crippen MR) is 104 cm³/mol. The fourth-order valence-electron chi connectivity index (χ4n) is 3.01.